The first kappa shape index (κ1) is 13.8. The van der Waals surface area contributed by atoms with Crippen LogP contribution in [0.1, 0.15) is 15.9 Å². The van der Waals surface area contributed by atoms with Gasteiger partial charge in [-0.15, -0.1) is 0 Å². The normalized spacial score (nSPS) is 11.1. The van der Waals surface area contributed by atoms with Crippen LogP contribution >= 0.6 is 0 Å². The average molecular weight is 283 g/mol. The Morgan fingerprint density at radius 3 is 2.32 bits per heavy atom. The minimum Gasteiger partial charge on any atom is -0.288 e. The van der Waals surface area contributed by atoms with Gasteiger partial charge in [-0.2, -0.15) is 5.26 Å². The molecule has 0 amide bonds. The summed E-state index contributed by atoms with van der Waals surface area (Å²) in [5.41, 5.74) is 1.54. The maximum Gasteiger partial charge on any atom is 0.203 e. The second-order valence-electron chi connectivity index (χ2n) is 4.93. The first-order valence-corrected chi connectivity index (χ1v) is 6.99. The number of carbonyl (C=O) groups excluding carboxylic acids is 1. The van der Waals surface area contributed by atoms with Crippen molar-refractivity contribution in [2.45, 2.75) is 0 Å². The van der Waals surface area contributed by atoms with E-state index in [4.69, 9.17) is 0 Å². The number of hydrogen-bond donors (Lipinski definition) is 0. The molecular formula is C20H13NO. The van der Waals surface area contributed by atoms with Gasteiger partial charge in [0.05, 0.1) is 0 Å². The van der Waals surface area contributed by atoms with Crippen LogP contribution in [0.3, 0.4) is 0 Å². The molecule has 22 heavy (non-hydrogen) atoms. The molecule has 0 unspecified atom stereocenters. The summed E-state index contributed by atoms with van der Waals surface area (Å²) in [6, 6.07) is 24.7. The minimum atomic E-state index is -0.254. The Bertz CT molecular complexity index is 896. The molecule has 0 atom stereocenters. The van der Waals surface area contributed by atoms with E-state index in [-0.39, 0.29) is 11.4 Å². The zero-order chi connectivity index (χ0) is 15.4. The third-order valence-electron chi connectivity index (χ3n) is 3.52. The molecule has 0 aliphatic rings. The first-order chi connectivity index (χ1) is 10.8. The Morgan fingerprint density at radius 2 is 1.55 bits per heavy atom. The van der Waals surface area contributed by atoms with Crippen molar-refractivity contribution in [3.8, 4) is 6.07 Å². The number of ketones is 1. The summed E-state index contributed by atoms with van der Waals surface area (Å²) in [4.78, 5) is 12.4. The second kappa shape index (κ2) is 6.07. The lowest BCUT2D eigenvalue weighted by Gasteiger charge is -2.03. The summed E-state index contributed by atoms with van der Waals surface area (Å²) in [6.45, 7) is 0. The van der Waals surface area contributed by atoms with Gasteiger partial charge in [0.25, 0.3) is 0 Å². The molecular weight excluding hydrogens is 270 g/mol. The fourth-order valence-corrected chi connectivity index (χ4v) is 2.43. The molecule has 0 fully saturated rings. The van der Waals surface area contributed by atoms with Gasteiger partial charge in [-0.3, -0.25) is 4.79 Å². The van der Waals surface area contributed by atoms with Crippen LogP contribution in [0.4, 0.5) is 0 Å². The summed E-state index contributed by atoms with van der Waals surface area (Å²) >= 11 is 0. The lowest BCUT2D eigenvalue weighted by molar-refractivity contribution is 0.104. The lowest BCUT2D eigenvalue weighted by atomic mass is 9.99. The molecule has 0 saturated carbocycles. The topological polar surface area (TPSA) is 40.9 Å². The van der Waals surface area contributed by atoms with E-state index in [0.29, 0.717) is 5.56 Å². The van der Waals surface area contributed by atoms with Gasteiger partial charge >= 0.3 is 0 Å². The third kappa shape index (κ3) is 2.65. The summed E-state index contributed by atoms with van der Waals surface area (Å²) in [5, 5.41) is 11.5. The lowest BCUT2D eigenvalue weighted by Crippen LogP contribution is -2.01. The zero-order valence-electron chi connectivity index (χ0n) is 11.9. The summed E-state index contributed by atoms with van der Waals surface area (Å²) < 4.78 is 0. The Kier molecular flexibility index (Phi) is 3.80. The van der Waals surface area contributed by atoms with Crippen molar-refractivity contribution in [3.05, 3.63) is 89.5 Å². The highest BCUT2D eigenvalue weighted by molar-refractivity contribution is 6.14. The highest BCUT2D eigenvalue weighted by Gasteiger charge is 2.12. The Morgan fingerprint density at radius 1 is 0.864 bits per heavy atom. The summed E-state index contributed by atoms with van der Waals surface area (Å²) in [5.74, 6) is -0.254. The van der Waals surface area contributed by atoms with Crippen LogP contribution < -0.4 is 0 Å². The van der Waals surface area contributed by atoms with Gasteiger partial charge in [0, 0.05) is 5.56 Å². The Balaban J connectivity index is 2.09. The molecule has 3 rings (SSSR count). The maximum absolute atomic E-state index is 12.4. The minimum absolute atomic E-state index is 0.141. The molecule has 0 heterocycles. The van der Waals surface area contributed by atoms with Crippen LogP contribution in [-0.2, 0) is 0 Å². The molecule has 2 nitrogen and oxygen atoms in total. The number of rotatable bonds is 3. The van der Waals surface area contributed by atoms with E-state index in [1.54, 1.807) is 30.3 Å². The molecule has 104 valence electrons. The molecule has 3 aromatic carbocycles. The summed E-state index contributed by atoms with van der Waals surface area (Å²) in [6.07, 6.45) is 1.66. The molecule has 0 N–H and O–H groups in total. The third-order valence-corrected chi connectivity index (χ3v) is 3.52. The monoisotopic (exact) mass is 283 g/mol. The fourth-order valence-electron chi connectivity index (χ4n) is 2.43. The smallest absolute Gasteiger partial charge is 0.203 e. The van der Waals surface area contributed by atoms with Crippen LogP contribution in [0, 0.1) is 11.3 Å². The molecule has 3 aromatic rings. The molecule has 2 heteroatoms. The van der Waals surface area contributed by atoms with E-state index >= 15 is 0 Å². The Hall–Kier alpha value is -3.18. The second-order valence-corrected chi connectivity index (χ2v) is 4.93. The van der Waals surface area contributed by atoms with E-state index in [9.17, 15) is 10.1 Å². The molecule has 0 aliphatic carbocycles. The number of benzene rings is 3. The Labute approximate surface area is 128 Å². The molecule has 0 saturated heterocycles. The van der Waals surface area contributed by atoms with Gasteiger partial charge in [-0.1, -0.05) is 72.8 Å². The molecule has 0 radical (unpaired) electrons. The molecule has 0 aromatic heterocycles. The SMILES string of the molecule is N#C/C(=C\c1cccc2ccccc12)C(=O)c1ccccc1. The predicted octanol–water partition coefficient (Wildman–Crippen LogP) is 4.63. The van der Waals surface area contributed by atoms with Crippen molar-refractivity contribution in [2.24, 2.45) is 0 Å². The highest BCUT2D eigenvalue weighted by atomic mass is 16.1. The molecule has 0 bridgehead atoms. The van der Waals surface area contributed by atoms with Gasteiger partial charge in [-0.25, -0.2) is 0 Å². The van der Waals surface area contributed by atoms with Crippen molar-refractivity contribution in [3.63, 3.8) is 0 Å². The maximum atomic E-state index is 12.4. The van der Waals surface area contributed by atoms with Crippen molar-refractivity contribution in [2.75, 3.05) is 0 Å². The van der Waals surface area contributed by atoms with E-state index < -0.39 is 0 Å². The van der Waals surface area contributed by atoms with Crippen molar-refractivity contribution >= 4 is 22.6 Å². The number of Topliss-reactive ketones (excluding diaryl/α,β-unsaturated/α-hetero) is 1. The van der Waals surface area contributed by atoms with Crippen molar-refractivity contribution in [1.29, 1.82) is 5.26 Å². The number of nitriles is 1. The van der Waals surface area contributed by atoms with Crippen molar-refractivity contribution in [1.82, 2.24) is 0 Å². The van der Waals surface area contributed by atoms with Crippen molar-refractivity contribution < 1.29 is 4.79 Å². The van der Waals surface area contributed by atoms with E-state index in [2.05, 4.69) is 0 Å². The van der Waals surface area contributed by atoms with E-state index in [1.165, 1.54) is 0 Å². The highest BCUT2D eigenvalue weighted by Crippen LogP contribution is 2.21. The number of fused-ring (bicyclic) bond motifs is 1. The van der Waals surface area contributed by atoms with Crippen LogP contribution in [-0.4, -0.2) is 5.78 Å². The van der Waals surface area contributed by atoms with Crippen LogP contribution in [0.5, 0.6) is 0 Å². The molecule has 0 aliphatic heterocycles. The van der Waals surface area contributed by atoms with Gasteiger partial charge in [0.15, 0.2) is 0 Å². The van der Waals surface area contributed by atoms with Crippen LogP contribution in [0.2, 0.25) is 0 Å². The fraction of sp³-hybridized carbons (Fsp3) is 0. The number of hydrogen-bond acceptors (Lipinski definition) is 2. The zero-order valence-corrected chi connectivity index (χ0v) is 11.9. The van der Waals surface area contributed by atoms with Gasteiger partial charge in [-0.05, 0) is 22.4 Å². The largest absolute Gasteiger partial charge is 0.288 e. The number of carbonyl (C=O) groups is 1. The molecule has 0 spiro atoms. The number of nitrogens with zero attached hydrogens (tertiary/aromatic N) is 1. The van der Waals surface area contributed by atoms with E-state index in [0.717, 1.165) is 16.3 Å². The summed E-state index contributed by atoms with van der Waals surface area (Å²) in [7, 11) is 0. The average Bonchev–Trinajstić information content (AvgIpc) is 2.60. The van der Waals surface area contributed by atoms with Gasteiger partial charge in [0.1, 0.15) is 11.6 Å². The van der Waals surface area contributed by atoms with Gasteiger partial charge < -0.3 is 0 Å². The standard InChI is InChI=1S/C20H13NO/c21-14-18(20(22)16-8-2-1-3-9-16)13-17-11-6-10-15-7-4-5-12-19(15)17/h1-13H/b18-13+. The van der Waals surface area contributed by atoms with Crippen LogP contribution in [0.25, 0.3) is 16.8 Å². The van der Waals surface area contributed by atoms with Crippen LogP contribution in [0.15, 0.2) is 78.4 Å². The number of allylic oxidation sites excluding steroid dienone is 1. The van der Waals surface area contributed by atoms with Gasteiger partial charge in [0.2, 0.25) is 5.78 Å². The first-order valence-electron chi connectivity index (χ1n) is 6.99. The van der Waals surface area contributed by atoms with E-state index in [1.807, 2.05) is 54.6 Å². The predicted molar refractivity (Wildman–Crippen MR) is 88.3 cm³/mol. The quantitative estimate of drug-likeness (QED) is 0.399.